The molecule has 1 aromatic carbocycles. The van der Waals surface area contributed by atoms with E-state index >= 15 is 0 Å². The minimum atomic E-state index is -0.154. The molecule has 0 aromatic heterocycles. The van der Waals surface area contributed by atoms with Crippen molar-refractivity contribution in [2.45, 2.75) is 46.1 Å². The second-order valence-corrected chi connectivity index (χ2v) is 6.32. The lowest BCUT2D eigenvalue weighted by Crippen LogP contribution is -2.23. The molecule has 2 nitrogen and oxygen atoms in total. The summed E-state index contributed by atoms with van der Waals surface area (Å²) in [7, 11) is 3.88. The molecule has 0 aliphatic carbocycles. The maximum atomic E-state index is 11.3. The molecule has 1 atom stereocenters. The standard InChI is InChI=1S/C16H25NO/c1-11-8-13(16(3,4)5)9-12(2)15(11)14(10-18)17(6)7/h8-10,14H,1-7H3. The van der Waals surface area contributed by atoms with Crippen LogP contribution in [0, 0.1) is 13.8 Å². The Kier molecular flexibility index (Phi) is 4.33. The topological polar surface area (TPSA) is 20.3 Å². The van der Waals surface area contributed by atoms with Crippen molar-refractivity contribution in [2.24, 2.45) is 0 Å². The number of nitrogens with zero attached hydrogens (tertiary/aromatic N) is 1. The Hall–Kier alpha value is -1.15. The van der Waals surface area contributed by atoms with Crippen LogP contribution in [0.5, 0.6) is 0 Å². The van der Waals surface area contributed by atoms with Gasteiger partial charge in [-0.15, -0.1) is 0 Å². The van der Waals surface area contributed by atoms with Crippen LogP contribution in [-0.4, -0.2) is 25.3 Å². The zero-order valence-corrected chi connectivity index (χ0v) is 12.7. The normalized spacial score (nSPS) is 13.8. The van der Waals surface area contributed by atoms with Crippen LogP contribution < -0.4 is 0 Å². The molecule has 1 rings (SSSR count). The third-order valence-corrected chi connectivity index (χ3v) is 3.44. The van der Waals surface area contributed by atoms with Crippen LogP contribution in [0.2, 0.25) is 0 Å². The monoisotopic (exact) mass is 247 g/mol. The highest BCUT2D eigenvalue weighted by Gasteiger charge is 2.21. The third kappa shape index (κ3) is 2.99. The number of aryl methyl sites for hydroxylation is 2. The summed E-state index contributed by atoms with van der Waals surface area (Å²) in [5.41, 5.74) is 5.01. The second-order valence-electron chi connectivity index (χ2n) is 6.32. The smallest absolute Gasteiger partial charge is 0.141 e. The SMILES string of the molecule is Cc1cc(C(C)(C)C)cc(C)c1C(C=O)N(C)C. The van der Waals surface area contributed by atoms with Crippen LogP contribution in [0.3, 0.4) is 0 Å². The average molecular weight is 247 g/mol. The lowest BCUT2D eigenvalue weighted by molar-refractivity contribution is -0.111. The molecule has 0 aliphatic heterocycles. The first kappa shape index (κ1) is 14.9. The molecule has 0 N–H and O–H groups in total. The van der Waals surface area contributed by atoms with Crippen molar-refractivity contribution in [2.75, 3.05) is 14.1 Å². The zero-order valence-electron chi connectivity index (χ0n) is 12.7. The molecule has 0 radical (unpaired) electrons. The largest absolute Gasteiger partial charge is 0.301 e. The number of benzene rings is 1. The quantitative estimate of drug-likeness (QED) is 0.763. The molecule has 0 amide bonds. The Morgan fingerprint density at radius 3 is 1.83 bits per heavy atom. The highest BCUT2D eigenvalue weighted by Crippen LogP contribution is 2.30. The summed E-state index contributed by atoms with van der Waals surface area (Å²) in [5, 5.41) is 0. The molecule has 1 aromatic rings. The predicted octanol–water partition coefficient (Wildman–Crippen LogP) is 3.40. The van der Waals surface area contributed by atoms with E-state index in [2.05, 4.69) is 46.8 Å². The molecule has 1 unspecified atom stereocenters. The van der Waals surface area contributed by atoms with E-state index in [4.69, 9.17) is 0 Å². The van der Waals surface area contributed by atoms with E-state index in [0.717, 1.165) is 11.8 Å². The van der Waals surface area contributed by atoms with Crippen LogP contribution in [0.15, 0.2) is 12.1 Å². The molecule has 0 fully saturated rings. The predicted molar refractivity (Wildman–Crippen MR) is 77.1 cm³/mol. The van der Waals surface area contributed by atoms with Gasteiger partial charge in [0, 0.05) is 0 Å². The van der Waals surface area contributed by atoms with Crippen molar-refractivity contribution in [1.29, 1.82) is 0 Å². The summed E-state index contributed by atoms with van der Waals surface area (Å²) < 4.78 is 0. The number of likely N-dealkylation sites (N-methyl/N-ethyl adjacent to an activating group) is 1. The zero-order chi connectivity index (χ0) is 14.1. The van der Waals surface area contributed by atoms with Crippen LogP contribution >= 0.6 is 0 Å². The summed E-state index contributed by atoms with van der Waals surface area (Å²) in [6.45, 7) is 10.8. The van der Waals surface area contributed by atoms with Gasteiger partial charge in [0.1, 0.15) is 6.29 Å². The molecule has 0 saturated heterocycles. The van der Waals surface area contributed by atoms with Gasteiger partial charge in [0.05, 0.1) is 6.04 Å². The van der Waals surface area contributed by atoms with E-state index in [-0.39, 0.29) is 11.5 Å². The van der Waals surface area contributed by atoms with Gasteiger partial charge < -0.3 is 4.79 Å². The van der Waals surface area contributed by atoms with Crippen molar-refractivity contribution in [3.63, 3.8) is 0 Å². The number of aldehydes is 1. The fraction of sp³-hybridized carbons (Fsp3) is 0.562. The lowest BCUT2D eigenvalue weighted by Gasteiger charge is -2.26. The molecule has 0 spiro atoms. The van der Waals surface area contributed by atoms with Crippen LogP contribution in [0.1, 0.15) is 49.1 Å². The minimum absolute atomic E-state index is 0.142. The molecule has 0 aliphatic rings. The van der Waals surface area contributed by atoms with Gasteiger partial charge in [-0.05, 0) is 55.6 Å². The van der Waals surface area contributed by atoms with Crippen molar-refractivity contribution < 1.29 is 4.79 Å². The van der Waals surface area contributed by atoms with E-state index in [1.165, 1.54) is 16.7 Å². The van der Waals surface area contributed by atoms with Gasteiger partial charge >= 0.3 is 0 Å². The van der Waals surface area contributed by atoms with Crippen LogP contribution in [0.25, 0.3) is 0 Å². The van der Waals surface area contributed by atoms with Crippen molar-refractivity contribution >= 4 is 6.29 Å². The van der Waals surface area contributed by atoms with Crippen molar-refractivity contribution in [3.05, 3.63) is 34.4 Å². The highest BCUT2D eigenvalue weighted by atomic mass is 16.1. The maximum absolute atomic E-state index is 11.3. The number of hydrogen-bond acceptors (Lipinski definition) is 2. The van der Waals surface area contributed by atoms with E-state index in [1.807, 2.05) is 19.0 Å². The van der Waals surface area contributed by atoms with Gasteiger partial charge in [0.15, 0.2) is 0 Å². The highest BCUT2D eigenvalue weighted by molar-refractivity contribution is 5.64. The van der Waals surface area contributed by atoms with Crippen molar-refractivity contribution in [1.82, 2.24) is 4.90 Å². The summed E-state index contributed by atoms with van der Waals surface area (Å²) in [5.74, 6) is 0. The first-order chi connectivity index (χ1) is 8.18. The lowest BCUT2D eigenvalue weighted by atomic mass is 9.82. The molecular formula is C16H25NO. The molecule has 0 saturated carbocycles. The number of carbonyl (C=O) groups excluding carboxylic acids is 1. The summed E-state index contributed by atoms with van der Waals surface area (Å²) in [4.78, 5) is 13.2. The van der Waals surface area contributed by atoms with E-state index in [0.29, 0.717) is 0 Å². The molecule has 100 valence electrons. The van der Waals surface area contributed by atoms with E-state index < -0.39 is 0 Å². The Bertz CT molecular complexity index is 418. The average Bonchev–Trinajstić information content (AvgIpc) is 2.20. The van der Waals surface area contributed by atoms with Crippen LogP contribution in [-0.2, 0) is 10.2 Å². The molecule has 0 bridgehead atoms. The van der Waals surface area contributed by atoms with E-state index in [9.17, 15) is 4.79 Å². The Labute approximate surface area is 111 Å². The van der Waals surface area contributed by atoms with Gasteiger partial charge in [-0.2, -0.15) is 0 Å². The Morgan fingerprint density at radius 2 is 1.56 bits per heavy atom. The Balaban J connectivity index is 3.37. The molecular weight excluding hydrogens is 222 g/mol. The first-order valence-electron chi connectivity index (χ1n) is 6.42. The minimum Gasteiger partial charge on any atom is -0.301 e. The van der Waals surface area contributed by atoms with Crippen LogP contribution in [0.4, 0.5) is 0 Å². The van der Waals surface area contributed by atoms with Gasteiger partial charge in [-0.1, -0.05) is 32.9 Å². The summed E-state index contributed by atoms with van der Waals surface area (Å²) >= 11 is 0. The van der Waals surface area contributed by atoms with Crippen molar-refractivity contribution in [3.8, 4) is 0 Å². The number of hydrogen-bond donors (Lipinski definition) is 0. The fourth-order valence-electron chi connectivity index (χ4n) is 2.32. The summed E-state index contributed by atoms with van der Waals surface area (Å²) in [6.07, 6.45) is 1.02. The third-order valence-electron chi connectivity index (χ3n) is 3.44. The van der Waals surface area contributed by atoms with Gasteiger partial charge in [-0.25, -0.2) is 0 Å². The summed E-state index contributed by atoms with van der Waals surface area (Å²) in [6, 6.07) is 4.27. The van der Waals surface area contributed by atoms with Gasteiger partial charge in [0.2, 0.25) is 0 Å². The number of carbonyl (C=O) groups is 1. The molecule has 0 heterocycles. The van der Waals surface area contributed by atoms with Gasteiger partial charge in [-0.3, -0.25) is 4.90 Å². The van der Waals surface area contributed by atoms with E-state index in [1.54, 1.807) is 0 Å². The van der Waals surface area contributed by atoms with Gasteiger partial charge in [0.25, 0.3) is 0 Å². The number of rotatable bonds is 3. The fourth-order valence-corrected chi connectivity index (χ4v) is 2.32. The second kappa shape index (κ2) is 5.23. The first-order valence-corrected chi connectivity index (χ1v) is 6.42. The molecule has 18 heavy (non-hydrogen) atoms. The molecule has 2 heteroatoms. The maximum Gasteiger partial charge on any atom is 0.141 e. The Morgan fingerprint density at radius 1 is 1.11 bits per heavy atom.